The van der Waals surface area contributed by atoms with Crippen molar-refractivity contribution < 1.29 is 19.1 Å². The highest BCUT2D eigenvalue weighted by Crippen LogP contribution is 2.26. The fourth-order valence-electron chi connectivity index (χ4n) is 3.82. The average Bonchev–Trinajstić information content (AvgIpc) is 3.22. The number of nitrogens with one attached hydrogen (secondary N) is 1. The zero-order valence-electron chi connectivity index (χ0n) is 18.1. The third kappa shape index (κ3) is 3.80. The third-order valence-corrected chi connectivity index (χ3v) is 5.28. The summed E-state index contributed by atoms with van der Waals surface area (Å²) in [7, 11) is 0. The predicted octanol–water partition coefficient (Wildman–Crippen LogP) is 4.37. The molecule has 1 aliphatic heterocycles. The van der Waals surface area contributed by atoms with Crippen LogP contribution in [0.1, 0.15) is 34.2 Å². The number of aryl methyl sites for hydroxylation is 1. The maximum absolute atomic E-state index is 12.9. The Morgan fingerprint density at radius 3 is 2.44 bits per heavy atom. The van der Waals surface area contributed by atoms with Crippen molar-refractivity contribution in [2.24, 2.45) is 0 Å². The second-order valence-electron chi connectivity index (χ2n) is 7.40. The van der Waals surface area contributed by atoms with Crippen molar-refractivity contribution in [3.05, 3.63) is 88.9 Å². The zero-order chi connectivity index (χ0) is 22.8. The van der Waals surface area contributed by atoms with Gasteiger partial charge in [0.1, 0.15) is 5.70 Å². The lowest BCUT2D eigenvalue weighted by Crippen LogP contribution is -2.30. The Labute approximate surface area is 185 Å². The number of aromatic nitrogens is 1. The fraction of sp³-hybridized carbons (Fsp3) is 0.160. The van der Waals surface area contributed by atoms with E-state index in [1.54, 1.807) is 55.5 Å². The standard InChI is InChI=1S/C25H23N3O4/c1-4-32-24(30)18-9-8-12-21(14-18)27-16(2)13-19(17(27)3)15-22-23(29)28(25(31)26-22)20-10-6-5-7-11-20/h5-15H,4H2,1-3H3,(H,26,31)/b22-15-. The molecular weight excluding hydrogens is 406 g/mol. The molecule has 0 saturated carbocycles. The van der Waals surface area contributed by atoms with Gasteiger partial charge < -0.3 is 14.6 Å². The molecule has 7 heteroatoms. The molecule has 3 amide bonds. The highest BCUT2D eigenvalue weighted by Gasteiger charge is 2.35. The van der Waals surface area contributed by atoms with Crippen LogP contribution in [0.5, 0.6) is 0 Å². The average molecular weight is 429 g/mol. The second kappa shape index (κ2) is 8.55. The van der Waals surface area contributed by atoms with E-state index in [1.807, 2.05) is 36.6 Å². The summed E-state index contributed by atoms with van der Waals surface area (Å²) < 4.78 is 7.09. The van der Waals surface area contributed by atoms with Gasteiger partial charge in [0.2, 0.25) is 0 Å². The number of carbonyl (C=O) groups is 3. The van der Waals surface area contributed by atoms with Crippen LogP contribution in [0.15, 0.2) is 66.4 Å². The molecule has 1 aliphatic rings. The Morgan fingerprint density at radius 2 is 1.72 bits per heavy atom. The van der Waals surface area contributed by atoms with Crippen molar-refractivity contribution in [1.82, 2.24) is 9.88 Å². The smallest absolute Gasteiger partial charge is 0.338 e. The first-order valence-electron chi connectivity index (χ1n) is 10.3. The Balaban J connectivity index is 1.68. The lowest BCUT2D eigenvalue weighted by molar-refractivity contribution is -0.113. The van der Waals surface area contributed by atoms with Crippen LogP contribution < -0.4 is 10.2 Å². The van der Waals surface area contributed by atoms with Crippen LogP contribution in [0.25, 0.3) is 11.8 Å². The number of para-hydroxylation sites is 1. The number of ether oxygens (including phenoxy) is 1. The highest BCUT2D eigenvalue weighted by atomic mass is 16.5. The first-order chi connectivity index (χ1) is 15.4. The van der Waals surface area contributed by atoms with Crippen LogP contribution in [-0.4, -0.2) is 29.1 Å². The number of amides is 3. The first kappa shape index (κ1) is 21.1. The number of esters is 1. The monoisotopic (exact) mass is 429 g/mol. The van der Waals surface area contributed by atoms with Crippen LogP contribution >= 0.6 is 0 Å². The van der Waals surface area contributed by atoms with E-state index in [4.69, 9.17) is 4.74 Å². The molecule has 32 heavy (non-hydrogen) atoms. The van der Waals surface area contributed by atoms with E-state index in [2.05, 4.69) is 5.32 Å². The van der Waals surface area contributed by atoms with Crippen molar-refractivity contribution in [1.29, 1.82) is 0 Å². The van der Waals surface area contributed by atoms with Crippen LogP contribution in [0, 0.1) is 13.8 Å². The Hall–Kier alpha value is -4.13. The maximum Gasteiger partial charge on any atom is 0.338 e. The summed E-state index contributed by atoms with van der Waals surface area (Å²) in [5.41, 5.74) is 4.58. The molecule has 1 saturated heterocycles. The van der Waals surface area contributed by atoms with E-state index in [1.165, 1.54) is 0 Å². The number of hydrogen-bond donors (Lipinski definition) is 1. The lowest BCUT2D eigenvalue weighted by atomic mass is 10.2. The largest absolute Gasteiger partial charge is 0.462 e. The molecule has 0 unspecified atom stereocenters. The molecule has 162 valence electrons. The van der Waals surface area contributed by atoms with Crippen molar-refractivity contribution in [3.8, 4) is 5.69 Å². The highest BCUT2D eigenvalue weighted by molar-refractivity contribution is 6.28. The summed E-state index contributed by atoms with van der Waals surface area (Å²) in [6.45, 7) is 5.94. The molecule has 0 spiro atoms. The first-order valence-corrected chi connectivity index (χ1v) is 10.3. The zero-order valence-corrected chi connectivity index (χ0v) is 18.1. The molecule has 7 nitrogen and oxygen atoms in total. The molecular formula is C25H23N3O4. The van der Waals surface area contributed by atoms with E-state index >= 15 is 0 Å². The molecule has 1 aromatic heterocycles. The Kier molecular flexibility index (Phi) is 5.64. The fourth-order valence-corrected chi connectivity index (χ4v) is 3.82. The number of rotatable bonds is 5. The molecule has 1 N–H and O–H groups in total. The number of carbonyl (C=O) groups excluding carboxylic acids is 3. The van der Waals surface area contributed by atoms with E-state index < -0.39 is 11.9 Å². The summed E-state index contributed by atoms with van der Waals surface area (Å²) >= 11 is 0. The van der Waals surface area contributed by atoms with Crippen LogP contribution in [0.4, 0.5) is 10.5 Å². The van der Waals surface area contributed by atoms with Gasteiger partial charge in [-0.2, -0.15) is 0 Å². The molecule has 4 rings (SSSR count). The number of urea groups is 1. The summed E-state index contributed by atoms with van der Waals surface area (Å²) in [6, 6.07) is 17.4. The molecule has 3 aromatic rings. The van der Waals surface area contributed by atoms with Gasteiger partial charge in [0.25, 0.3) is 5.91 Å². The minimum Gasteiger partial charge on any atom is -0.462 e. The van der Waals surface area contributed by atoms with E-state index in [0.717, 1.165) is 27.5 Å². The number of nitrogens with zero attached hydrogens (tertiary/aromatic N) is 2. The van der Waals surface area contributed by atoms with E-state index in [9.17, 15) is 14.4 Å². The summed E-state index contributed by atoms with van der Waals surface area (Å²) in [5.74, 6) is -0.783. The molecule has 2 heterocycles. The van der Waals surface area contributed by atoms with Gasteiger partial charge in [0.05, 0.1) is 17.9 Å². The molecule has 0 radical (unpaired) electrons. The van der Waals surface area contributed by atoms with E-state index in [-0.39, 0.29) is 11.7 Å². The summed E-state index contributed by atoms with van der Waals surface area (Å²) in [5, 5.41) is 2.66. The van der Waals surface area contributed by atoms with Gasteiger partial charge in [0.15, 0.2) is 0 Å². The van der Waals surface area contributed by atoms with Crippen LogP contribution in [-0.2, 0) is 9.53 Å². The topological polar surface area (TPSA) is 80.6 Å². The number of imide groups is 1. The third-order valence-electron chi connectivity index (χ3n) is 5.28. The van der Waals surface area contributed by atoms with Crippen molar-refractivity contribution in [3.63, 3.8) is 0 Å². The minimum atomic E-state index is -0.483. The van der Waals surface area contributed by atoms with Gasteiger partial charge in [-0.1, -0.05) is 24.3 Å². The minimum absolute atomic E-state index is 0.208. The normalized spacial score (nSPS) is 14.7. The SMILES string of the molecule is CCOC(=O)c1cccc(-n2c(C)cc(/C=C3\NC(=O)N(c4ccccc4)C3=O)c2C)c1. The van der Waals surface area contributed by atoms with Crippen molar-refractivity contribution in [2.75, 3.05) is 11.5 Å². The van der Waals surface area contributed by atoms with Crippen LogP contribution in [0.2, 0.25) is 0 Å². The molecule has 1 fully saturated rings. The van der Waals surface area contributed by atoms with Gasteiger partial charge in [0, 0.05) is 17.1 Å². The molecule has 2 aromatic carbocycles. The number of anilines is 1. The van der Waals surface area contributed by atoms with Gasteiger partial charge in [-0.3, -0.25) is 4.79 Å². The predicted molar refractivity (Wildman–Crippen MR) is 122 cm³/mol. The van der Waals surface area contributed by atoms with Crippen molar-refractivity contribution >= 4 is 29.7 Å². The van der Waals surface area contributed by atoms with E-state index in [0.29, 0.717) is 17.9 Å². The lowest BCUT2D eigenvalue weighted by Gasteiger charge is -2.11. The summed E-state index contributed by atoms with van der Waals surface area (Å²) in [6.07, 6.45) is 1.68. The summed E-state index contributed by atoms with van der Waals surface area (Å²) in [4.78, 5) is 38.6. The van der Waals surface area contributed by atoms with Gasteiger partial charge in [-0.05, 0) is 68.8 Å². The molecule has 0 bridgehead atoms. The second-order valence-corrected chi connectivity index (χ2v) is 7.40. The van der Waals surface area contributed by atoms with Crippen molar-refractivity contribution in [2.45, 2.75) is 20.8 Å². The van der Waals surface area contributed by atoms with Gasteiger partial charge in [-0.25, -0.2) is 14.5 Å². The maximum atomic E-state index is 12.9. The number of benzene rings is 2. The Bertz CT molecular complexity index is 1240. The number of hydrogen-bond acceptors (Lipinski definition) is 4. The van der Waals surface area contributed by atoms with Gasteiger partial charge in [-0.15, -0.1) is 0 Å². The molecule has 0 aliphatic carbocycles. The quantitative estimate of drug-likeness (QED) is 0.371. The van der Waals surface area contributed by atoms with Crippen LogP contribution in [0.3, 0.4) is 0 Å². The van der Waals surface area contributed by atoms with Gasteiger partial charge >= 0.3 is 12.0 Å². The molecule has 0 atom stereocenters. The Morgan fingerprint density at radius 1 is 1.00 bits per heavy atom.